The molecule has 0 aliphatic carbocycles. The third-order valence-electron chi connectivity index (χ3n) is 3.54. The molecule has 3 rings (SSSR count). The van der Waals surface area contributed by atoms with E-state index in [9.17, 15) is 27.9 Å². The summed E-state index contributed by atoms with van der Waals surface area (Å²) >= 11 is 0. The first-order chi connectivity index (χ1) is 10.8. The van der Waals surface area contributed by atoms with Crippen LogP contribution < -0.4 is 10.3 Å². The molecular formula is C15H10F3NO4. The van der Waals surface area contributed by atoms with Crippen molar-refractivity contribution in [2.24, 2.45) is 0 Å². The van der Waals surface area contributed by atoms with Gasteiger partial charge in [0.2, 0.25) is 0 Å². The van der Waals surface area contributed by atoms with Crippen molar-refractivity contribution in [1.82, 2.24) is 4.57 Å². The molecule has 0 radical (unpaired) electrons. The number of carbonyl (C=O) groups is 1. The van der Waals surface area contributed by atoms with E-state index in [0.717, 1.165) is 28.8 Å². The molecule has 2 heterocycles. The molecule has 0 fully saturated rings. The highest BCUT2D eigenvalue weighted by atomic mass is 19.4. The Balaban J connectivity index is 2.16. The lowest BCUT2D eigenvalue weighted by Gasteiger charge is -2.12. The summed E-state index contributed by atoms with van der Waals surface area (Å²) in [6.07, 6.45) is -2.66. The van der Waals surface area contributed by atoms with Crippen molar-refractivity contribution in [3.05, 3.63) is 57.5 Å². The van der Waals surface area contributed by atoms with E-state index in [4.69, 9.17) is 4.74 Å². The molecule has 1 aromatic heterocycles. The first kappa shape index (κ1) is 15.1. The Kier molecular flexibility index (Phi) is 3.39. The highest BCUT2D eigenvalue weighted by molar-refractivity contribution is 5.91. The van der Waals surface area contributed by atoms with Gasteiger partial charge in [0, 0.05) is 23.9 Å². The molecule has 2 aromatic rings. The van der Waals surface area contributed by atoms with Gasteiger partial charge in [-0.25, -0.2) is 4.79 Å². The summed E-state index contributed by atoms with van der Waals surface area (Å²) in [6, 6.07) is 3.92. The number of pyridine rings is 1. The third kappa shape index (κ3) is 2.56. The summed E-state index contributed by atoms with van der Waals surface area (Å²) in [7, 11) is 0. The molecule has 23 heavy (non-hydrogen) atoms. The fourth-order valence-electron chi connectivity index (χ4n) is 2.45. The normalized spacial score (nSPS) is 13.5. The summed E-state index contributed by atoms with van der Waals surface area (Å²) in [5.41, 5.74) is -1.53. The fraction of sp³-hybridized carbons (Fsp3) is 0.200. The van der Waals surface area contributed by atoms with Crippen LogP contribution in [-0.2, 0) is 12.6 Å². The Morgan fingerprint density at radius 3 is 2.43 bits per heavy atom. The van der Waals surface area contributed by atoms with Gasteiger partial charge in [0.1, 0.15) is 5.75 Å². The van der Waals surface area contributed by atoms with Crippen LogP contribution in [0.5, 0.6) is 5.75 Å². The Morgan fingerprint density at radius 1 is 1.22 bits per heavy atom. The SMILES string of the molecule is O=C(O)c1c2c(cn(-c3ccc(C(F)(F)F)cc3)c1=O)CCO2. The predicted octanol–water partition coefficient (Wildman–Crippen LogP) is 2.49. The molecule has 1 N–H and O–H groups in total. The average Bonchev–Trinajstić information content (AvgIpc) is 2.93. The molecule has 0 bridgehead atoms. The summed E-state index contributed by atoms with van der Waals surface area (Å²) in [4.78, 5) is 23.6. The third-order valence-corrected chi connectivity index (χ3v) is 3.54. The van der Waals surface area contributed by atoms with E-state index in [0.29, 0.717) is 12.0 Å². The standard InChI is InChI=1S/C15H10F3NO4/c16-15(17,18)9-1-3-10(4-2-9)19-7-8-5-6-23-12(8)11(13(19)20)14(21)22/h1-4,7H,5-6H2,(H,21,22). The molecule has 1 aliphatic heterocycles. The van der Waals surface area contributed by atoms with Gasteiger partial charge in [-0.15, -0.1) is 0 Å². The number of fused-ring (bicyclic) bond motifs is 1. The lowest BCUT2D eigenvalue weighted by Crippen LogP contribution is -2.26. The molecule has 8 heteroatoms. The Hall–Kier alpha value is -2.77. The number of hydrogen-bond donors (Lipinski definition) is 1. The number of ether oxygens (including phenoxy) is 1. The topological polar surface area (TPSA) is 68.5 Å². The number of halogens is 3. The van der Waals surface area contributed by atoms with Crippen LogP contribution in [0.2, 0.25) is 0 Å². The van der Waals surface area contributed by atoms with Crippen molar-refractivity contribution in [2.75, 3.05) is 6.61 Å². The number of alkyl halides is 3. The number of benzene rings is 1. The second kappa shape index (κ2) is 5.15. The molecule has 0 unspecified atom stereocenters. The molecule has 120 valence electrons. The molecule has 0 saturated heterocycles. The first-order valence-electron chi connectivity index (χ1n) is 6.61. The van der Waals surface area contributed by atoms with Crippen LogP contribution in [0, 0.1) is 0 Å². The molecule has 0 spiro atoms. The van der Waals surface area contributed by atoms with Gasteiger partial charge in [0.15, 0.2) is 5.56 Å². The van der Waals surface area contributed by atoms with E-state index >= 15 is 0 Å². The zero-order valence-electron chi connectivity index (χ0n) is 11.6. The maximum Gasteiger partial charge on any atom is 0.416 e. The molecule has 0 saturated carbocycles. The smallest absolute Gasteiger partial charge is 0.416 e. The van der Waals surface area contributed by atoms with E-state index in [-0.39, 0.29) is 18.0 Å². The second-order valence-electron chi connectivity index (χ2n) is 4.98. The molecule has 0 atom stereocenters. The van der Waals surface area contributed by atoms with Crippen LogP contribution in [0.3, 0.4) is 0 Å². The van der Waals surface area contributed by atoms with Crippen LogP contribution >= 0.6 is 0 Å². The van der Waals surface area contributed by atoms with Crippen LogP contribution in [-0.4, -0.2) is 22.2 Å². The van der Waals surface area contributed by atoms with Crippen molar-refractivity contribution in [3.63, 3.8) is 0 Å². The summed E-state index contributed by atoms with van der Waals surface area (Å²) < 4.78 is 44.0. The lowest BCUT2D eigenvalue weighted by atomic mass is 10.1. The number of hydrogen-bond acceptors (Lipinski definition) is 3. The highest BCUT2D eigenvalue weighted by Gasteiger charge is 2.30. The maximum atomic E-state index is 12.6. The minimum absolute atomic E-state index is 0.0330. The number of nitrogens with zero attached hydrogens (tertiary/aromatic N) is 1. The van der Waals surface area contributed by atoms with Gasteiger partial charge in [0.25, 0.3) is 5.56 Å². The summed E-state index contributed by atoms with van der Waals surface area (Å²) in [5.74, 6) is -1.40. The molecule has 1 aromatic carbocycles. The van der Waals surface area contributed by atoms with Gasteiger partial charge >= 0.3 is 12.1 Å². The number of aromatic nitrogens is 1. The van der Waals surface area contributed by atoms with Crippen LogP contribution in [0.25, 0.3) is 5.69 Å². The van der Waals surface area contributed by atoms with Crippen molar-refractivity contribution >= 4 is 5.97 Å². The largest absolute Gasteiger partial charge is 0.492 e. The van der Waals surface area contributed by atoms with Gasteiger partial charge < -0.3 is 9.84 Å². The monoisotopic (exact) mass is 325 g/mol. The average molecular weight is 325 g/mol. The molecule has 5 nitrogen and oxygen atoms in total. The summed E-state index contributed by atoms with van der Waals surface area (Å²) in [5, 5.41) is 9.21. The van der Waals surface area contributed by atoms with Crippen LogP contribution in [0.15, 0.2) is 35.3 Å². The van der Waals surface area contributed by atoms with Crippen LogP contribution in [0.1, 0.15) is 21.5 Å². The predicted molar refractivity (Wildman–Crippen MR) is 73.2 cm³/mol. The van der Waals surface area contributed by atoms with Gasteiger partial charge in [-0.2, -0.15) is 13.2 Å². The quantitative estimate of drug-likeness (QED) is 0.921. The Morgan fingerprint density at radius 2 is 1.87 bits per heavy atom. The minimum Gasteiger partial charge on any atom is -0.492 e. The van der Waals surface area contributed by atoms with E-state index in [1.807, 2.05) is 0 Å². The Labute approximate surface area is 127 Å². The number of aromatic carboxylic acids is 1. The van der Waals surface area contributed by atoms with Crippen molar-refractivity contribution in [2.45, 2.75) is 12.6 Å². The molecule has 1 aliphatic rings. The summed E-state index contributed by atoms with van der Waals surface area (Å²) in [6.45, 7) is 0.256. The second-order valence-corrected chi connectivity index (χ2v) is 4.98. The Bertz CT molecular complexity index is 838. The maximum absolute atomic E-state index is 12.6. The van der Waals surface area contributed by atoms with Crippen LogP contribution in [0.4, 0.5) is 13.2 Å². The van der Waals surface area contributed by atoms with E-state index in [1.54, 1.807) is 0 Å². The zero-order chi connectivity index (χ0) is 16.8. The van der Waals surface area contributed by atoms with Crippen molar-refractivity contribution in [3.8, 4) is 11.4 Å². The zero-order valence-corrected chi connectivity index (χ0v) is 11.6. The van der Waals surface area contributed by atoms with Gasteiger partial charge in [-0.05, 0) is 24.3 Å². The highest BCUT2D eigenvalue weighted by Crippen LogP contribution is 2.31. The van der Waals surface area contributed by atoms with E-state index in [2.05, 4.69) is 0 Å². The number of rotatable bonds is 2. The number of carboxylic acid groups (broad SMARTS) is 1. The molecule has 0 amide bonds. The lowest BCUT2D eigenvalue weighted by molar-refractivity contribution is -0.137. The van der Waals surface area contributed by atoms with E-state index < -0.39 is 28.8 Å². The van der Waals surface area contributed by atoms with Gasteiger partial charge in [-0.1, -0.05) is 0 Å². The minimum atomic E-state index is -4.48. The molecular weight excluding hydrogens is 315 g/mol. The van der Waals surface area contributed by atoms with Crippen molar-refractivity contribution < 1.29 is 27.8 Å². The van der Waals surface area contributed by atoms with Crippen molar-refractivity contribution in [1.29, 1.82) is 0 Å². The fourth-order valence-corrected chi connectivity index (χ4v) is 2.45. The van der Waals surface area contributed by atoms with Gasteiger partial charge in [-0.3, -0.25) is 9.36 Å². The van der Waals surface area contributed by atoms with E-state index in [1.165, 1.54) is 6.20 Å². The number of carboxylic acids is 1. The van der Waals surface area contributed by atoms with Gasteiger partial charge in [0.05, 0.1) is 12.2 Å². The first-order valence-corrected chi connectivity index (χ1v) is 6.61.